The van der Waals surface area contributed by atoms with Gasteiger partial charge < -0.3 is 14.2 Å². The van der Waals surface area contributed by atoms with Crippen molar-refractivity contribution in [1.82, 2.24) is 0 Å². The number of hydrogen-bond acceptors (Lipinski definition) is 3. The number of rotatable bonds is 3. The fourth-order valence-electron chi connectivity index (χ4n) is 1.03. The highest BCUT2D eigenvalue weighted by Gasteiger charge is 2.33. The fourth-order valence-corrected chi connectivity index (χ4v) is 1.03. The van der Waals surface area contributed by atoms with Crippen molar-refractivity contribution in [2.24, 2.45) is 0 Å². The highest BCUT2D eigenvalue weighted by molar-refractivity contribution is 4.69. The maximum atomic E-state index is 11.6. The minimum Gasteiger partial charge on any atom is -0.348 e. The summed E-state index contributed by atoms with van der Waals surface area (Å²) < 4.78 is 37.6. The number of ether oxygens (including phenoxy) is 3. The summed E-state index contributed by atoms with van der Waals surface area (Å²) in [5.41, 5.74) is 0. The maximum absolute atomic E-state index is 11.6. The molecule has 1 atom stereocenters. The quantitative estimate of drug-likeness (QED) is 0.659. The lowest BCUT2D eigenvalue weighted by Crippen LogP contribution is -2.24. The summed E-state index contributed by atoms with van der Waals surface area (Å²) in [5.74, 6) is -0.670. The summed E-state index contributed by atoms with van der Waals surface area (Å²) >= 11 is 0. The number of alkyl halides is 2. The van der Waals surface area contributed by atoms with Crippen LogP contribution >= 0.6 is 0 Å². The van der Waals surface area contributed by atoms with Gasteiger partial charge in [0.15, 0.2) is 5.79 Å². The third-order valence-electron chi connectivity index (χ3n) is 1.48. The van der Waals surface area contributed by atoms with Gasteiger partial charge >= 0.3 is 6.61 Å². The van der Waals surface area contributed by atoms with Crippen molar-refractivity contribution in [2.45, 2.75) is 32.4 Å². The molecule has 0 spiro atoms. The lowest BCUT2D eigenvalue weighted by atomic mass is 10.4. The van der Waals surface area contributed by atoms with Crippen molar-refractivity contribution in [2.75, 3.05) is 13.2 Å². The van der Waals surface area contributed by atoms with E-state index in [4.69, 9.17) is 9.47 Å². The molecule has 1 heterocycles. The van der Waals surface area contributed by atoms with Gasteiger partial charge in [0, 0.05) is 0 Å². The third-order valence-corrected chi connectivity index (χ3v) is 1.48. The molecule has 0 aromatic heterocycles. The smallest absolute Gasteiger partial charge is 0.345 e. The van der Waals surface area contributed by atoms with Crippen molar-refractivity contribution in [3.63, 3.8) is 0 Å². The van der Waals surface area contributed by atoms with Crippen molar-refractivity contribution in [1.29, 1.82) is 0 Å². The van der Waals surface area contributed by atoms with Gasteiger partial charge in [-0.05, 0) is 13.8 Å². The van der Waals surface area contributed by atoms with Gasteiger partial charge in [0.25, 0.3) is 0 Å². The molecule has 0 aliphatic carbocycles. The Bertz CT molecular complexity index is 150. The molecular formula is C7H12F2O3. The molecule has 1 unspecified atom stereocenters. The zero-order chi connectivity index (χ0) is 9.19. The normalized spacial score (nSPS) is 28.2. The Morgan fingerprint density at radius 3 is 2.67 bits per heavy atom. The molecule has 1 saturated heterocycles. The Balaban J connectivity index is 2.20. The predicted molar refractivity (Wildman–Crippen MR) is 36.9 cm³/mol. The van der Waals surface area contributed by atoms with Crippen molar-refractivity contribution >= 4 is 0 Å². The van der Waals surface area contributed by atoms with E-state index in [0.717, 1.165) is 0 Å². The van der Waals surface area contributed by atoms with Crippen molar-refractivity contribution < 1.29 is 23.0 Å². The monoisotopic (exact) mass is 182 g/mol. The third kappa shape index (κ3) is 3.00. The van der Waals surface area contributed by atoms with E-state index < -0.39 is 12.4 Å². The minimum atomic E-state index is -2.74. The van der Waals surface area contributed by atoms with Gasteiger partial charge in [-0.1, -0.05) is 0 Å². The van der Waals surface area contributed by atoms with Crippen LogP contribution in [0.1, 0.15) is 13.8 Å². The summed E-state index contributed by atoms with van der Waals surface area (Å²) in [5, 5.41) is 0. The molecule has 3 nitrogen and oxygen atoms in total. The van der Waals surface area contributed by atoms with Gasteiger partial charge in [-0.15, -0.1) is 0 Å². The Kier molecular flexibility index (Phi) is 2.98. The van der Waals surface area contributed by atoms with Crippen molar-refractivity contribution in [3.05, 3.63) is 0 Å². The van der Waals surface area contributed by atoms with Crippen LogP contribution in [0.2, 0.25) is 0 Å². The first-order valence-electron chi connectivity index (χ1n) is 3.71. The lowest BCUT2D eigenvalue weighted by molar-refractivity contribution is -0.174. The molecule has 12 heavy (non-hydrogen) atoms. The zero-order valence-electron chi connectivity index (χ0n) is 7.05. The van der Waals surface area contributed by atoms with E-state index in [0.29, 0.717) is 6.61 Å². The van der Waals surface area contributed by atoms with Crippen LogP contribution in [0, 0.1) is 0 Å². The molecule has 72 valence electrons. The van der Waals surface area contributed by atoms with E-state index in [2.05, 4.69) is 4.74 Å². The SMILES string of the molecule is CC1(C)OCC(COC(F)F)O1. The molecule has 0 saturated carbocycles. The van der Waals surface area contributed by atoms with Gasteiger partial charge in [-0.25, -0.2) is 0 Å². The van der Waals surface area contributed by atoms with Crippen LogP contribution in [-0.4, -0.2) is 31.7 Å². The summed E-state index contributed by atoms with van der Waals surface area (Å²) in [4.78, 5) is 0. The molecule has 0 N–H and O–H groups in total. The summed E-state index contributed by atoms with van der Waals surface area (Å²) in [6.07, 6.45) is -0.381. The van der Waals surface area contributed by atoms with Crippen LogP contribution in [0.4, 0.5) is 8.78 Å². The average Bonchev–Trinajstić information content (AvgIpc) is 2.26. The molecule has 1 fully saturated rings. The summed E-state index contributed by atoms with van der Waals surface area (Å²) in [7, 11) is 0. The van der Waals surface area contributed by atoms with Gasteiger partial charge in [0.05, 0.1) is 13.2 Å². The van der Waals surface area contributed by atoms with Crippen LogP contribution in [-0.2, 0) is 14.2 Å². The molecule has 5 heteroatoms. The number of halogens is 2. The molecule has 0 aromatic carbocycles. The maximum Gasteiger partial charge on any atom is 0.345 e. The van der Waals surface area contributed by atoms with Gasteiger partial charge in [0.1, 0.15) is 6.10 Å². The molecule has 0 amide bonds. The highest BCUT2D eigenvalue weighted by atomic mass is 19.3. The first kappa shape index (κ1) is 9.83. The molecule has 0 aromatic rings. The first-order chi connectivity index (χ1) is 5.49. The predicted octanol–water partition coefficient (Wildman–Crippen LogP) is 1.38. The van der Waals surface area contributed by atoms with E-state index in [1.807, 2.05) is 0 Å². The Morgan fingerprint density at radius 1 is 1.58 bits per heavy atom. The average molecular weight is 182 g/mol. The second-order valence-electron chi connectivity index (χ2n) is 3.04. The molecule has 0 radical (unpaired) electrons. The lowest BCUT2D eigenvalue weighted by Gasteiger charge is -2.16. The van der Waals surface area contributed by atoms with Crippen LogP contribution in [0.3, 0.4) is 0 Å². The Labute approximate surface area is 69.6 Å². The van der Waals surface area contributed by atoms with Crippen LogP contribution < -0.4 is 0 Å². The largest absolute Gasteiger partial charge is 0.348 e. The van der Waals surface area contributed by atoms with Gasteiger partial charge in [-0.3, -0.25) is 0 Å². The van der Waals surface area contributed by atoms with E-state index in [1.54, 1.807) is 13.8 Å². The zero-order valence-corrected chi connectivity index (χ0v) is 7.05. The van der Waals surface area contributed by atoms with Crippen LogP contribution in [0.25, 0.3) is 0 Å². The molecule has 1 aliphatic heterocycles. The van der Waals surface area contributed by atoms with Gasteiger partial charge in [-0.2, -0.15) is 8.78 Å². The topological polar surface area (TPSA) is 27.7 Å². The summed E-state index contributed by atoms with van der Waals surface area (Å²) in [6.45, 7) is 0.906. The first-order valence-corrected chi connectivity index (χ1v) is 3.71. The molecule has 1 rings (SSSR count). The van der Waals surface area contributed by atoms with E-state index in [9.17, 15) is 8.78 Å². The van der Waals surface area contributed by atoms with Crippen molar-refractivity contribution in [3.8, 4) is 0 Å². The second-order valence-corrected chi connectivity index (χ2v) is 3.04. The van der Waals surface area contributed by atoms with E-state index in [1.165, 1.54) is 0 Å². The minimum absolute atomic E-state index is 0.124. The molecular weight excluding hydrogens is 170 g/mol. The van der Waals surface area contributed by atoms with Crippen LogP contribution in [0.15, 0.2) is 0 Å². The number of hydrogen-bond donors (Lipinski definition) is 0. The second kappa shape index (κ2) is 3.64. The van der Waals surface area contributed by atoms with E-state index in [-0.39, 0.29) is 12.7 Å². The summed E-state index contributed by atoms with van der Waals surface area (Å²) in [6, 6.07) is 0. The van der Waals surface area contributed by atoms with E-state index >= 15 is 0 Å². The highest BCUT2D eigenvalue weighted by Crippen LogP contribution is 2.22. The molecule has 0 bridgehead atoms. The Hall–Kier alpha value is -0.260. The standard InChI is InChI=1S/C7H12F2O3/c1-7(2)11-4-5(12-7)3-10-6(8)9/h5-6H,3-4H2,1-2H3. The molecule has 1 aliphatic rings. The van der Waals surface area contributed by atoms with Gasteiger partial charge in [0.2, 0.25) is 0 Å². The fraction of sp³-hybridized carbons (Fsp3) is 1.00. The van der Waals surface area contributed by atoms with Crippen LogP contribution in [0.5, 0.6) is 0 Å². The Morgan fingerprint density at radius 2 is 2.25 bits per heavy atom.